The first kappa shape index (κ1) is 15.9. The lowest BCUT2D eigenvalue weighted by Crippen LogP contribution is -2.35. The van der Waals surface area contributed by atoms with Crippen molar-refractivity contribution in [2.24, 2.45) is 0 Å². The summed E-state index contributed by atoms with van der Waals surface area (Å²) in [5, 5.41) is 6.33. The van der Waals surface area contributed by atoms with E-state index in [-0.39, 0.29) is 17.2 Å². The number of hydrogen-bond donors (Lipinski definition) is 2. The van der Waals surface area contributed by atoms with Gasteiger partial charge in [0.25, 0.3) is 0 Å². The van der Waals surface area contributed by atoms with E-state index in [2.05, 4.69) is 41.4 Å². The van der Waals surface area contributed by atoms with Gasteiger partial charge in [0.05, 0.1) is 17.7 Å². The van der Waals surface area contributed by atoms with Crippen molar-refractivity contribution in [2.45, 2.75) is 46.3 Å². The van der Waals surface area contributed by atoms with E-state index in [4.69, 9.17) is 0 Å². The molecule has 0 amide bonds. The van der Waals surface area contributed by atoms with Gasteiger partial charge in [-0.1, -0.05) is 0 Å². The Balaban J connectivity index is 2.05. The van der Waals surface area contributed by atoms with E-state index < -0.39 is 0 Å². The monoisotopic (exact) mass is 308 g/mol. The molecule has 0 bridgehead atoms. The van der Waals surface area contributed by atoms with Crippen LogP contribution >= 0.6 is 11.3 Å². The summed E-state index contributed by atoms with van der Waals surface area (Å²) >= 11 is 1.56. The predicted octanol–water partition coefficient (Wildman–Crippen LogP) is 3.49. The molecule has 0 aromatic carbocycles. The lowest BCUT2D eigenvalue weighted by molar-refractivity contribution is 0.418. The van der Waals surface area contributed by atoms with Crippen molar-refractivity contribution in [3.8, 4) is 0 Å². The third-order valence-electron chi connectivity index (χ3n) is 3.04. The molecular formula is C15H21FN4S. The summed E-state index contributed by atoms with van der Waals surface area (Å²) in [6.07, 6.45) is 1.63. The smallest absolute Gasteiger partial charge is 0.169 e. The lowest BCUT2D eigenvalue weighted by Gasteiger charge is -2.21. The third kappa shape index (κ3) is 4.47. The van der Waals surface area contributed by atoms with Gasteiger partial charge in [0.2, 0.25) is 0 Å². The number of aromatic nitrogens is 2. The highest BCUT2D eigenvalue weighted by Crippen LogP contribution is 2.19. The second-order valence-electron chi connectivity index (χ2n) is 5.95. The Hall–Kier alpha value is -1.53. The largest absolute Gasteiger partial charge is 0.363 e. The van der Waals surface area contributed by atoms with Crippen LogP contribution in [0.15, 0.2) is 17.8 Å². The van der Waals surface area contributed by atoms with E-state index in [1.807, 2.05) is 6.92 Å². The number of thiazole rings is 1. The Morgan fingerprint density at radius 3 is 2.62 bits per heavy atom. The molecule has 0 saturated heterocycles. The predicted molar refractivity (Wildman–Crippen MR) is 85.0 cm³/mol. The minimum atomic E-state index is -0.295. The van der Waals surface area contributed by atoms with Crippen molar-refractivity contribution >= 4 is 17.2 Å². The lowest BCUT2D eigenvalue weighted by atomic mass is 10.1. The maximum absolute atomic E-state index is 14.4. The molecule has 0 unspecified atom stereocenters. The quantitative estimate of drug-likeness (QED) is 0.888. The van der Waals surface area contributed by atoms with Crippen LogP contribution in [0.4, 0.5) is 10.2 Å². The average molecular weight is 308 g/mol. The number of halogens is 1. The highest BCUT2D eigenvalue weighted by Gasteiger charge is 2.13. The fraction of sp³-hybridized carbons (Fsp3) is 0.467. The minimum absolute atomic E-state index is 0.0525. The molecular weight excluding hydrogens is 287 g/mol. The van der Waals surface area contributed by atoms with E-state index in [1.54, 1.807) is 29.1 Å². The first-order valence-corrected chi connectivity index (χ1v) is 7.76. The maximum Gasteiger partial charge on any atom is 0.169 e. The Kier molecular flexibility index (Phi) is 4.90. The molecule has 4 nitrogen and oxygen atoms in total. The maximum atomic E-state index is 14.4. The fourth-order valence-electron chi connectivity index (χ4n) is 1.76. The van der Waals surface area contributed by atoms with Gasteiger partial charge in [0, 0.05) is 28.7 Å². The van der Waals surface area contributed by atoms with Crippen LogP contribution in [0.5, 0.6) is 0 Å². The molecule has 0 aliphatic heterocycles. The zero-order valence-corrected chi connectivity index (χ0v) is 13.6. The van der Waals surface area contributed by atoms with E-state index in [1.165, 1.54) is 0 Å². The van der Waals surface area contributed by atoms with Gasteiger partial charge < -0.3 is 10.6 Å². The summed E-state index contributed by atoms with van der Waals surface area (Å²) in [4.78, 5) is 9.35. The zero-order chi connectivity index (χ0) is 15.5. The van der Waals surface area contributed by atoms with Gasteiger partial charge in [-0.05, 0) is 33.8 Å². The summed E-state index contributed by atoms with van der Waals surface area (Å²) in [5.74, 6) is -0.00701. The van der Waals surface area contributed by atoms with Gasteiger partial charge in [0.15, 0.2) is 11.6 Å². The first-order chi connectivity index (χ1) is 9.87. The van der Waals surface area contributed by atoms with Crippen molar-refractivity contribution in [2.75, 3.05) is 5.32 Å². The minimum Gasteiger partial charge on any atom is -0.363 e. The molecule has 0 atom stereocenters. The number of nitrogens with one attached hydrogen (secondary N) is 2. The molecule has 6 heteroatoms. The summed E-state index contributed by atoms with van der Waals surface area (Å²) in [6, 6.07) is 1.71. The summed E-state index contributed by atoms with van der Waals surface area (Å²) in [5.41, 5.74) is 3.32. The topological polar surface area (TPSA) is 49.8 Å². The number of aryl methyl sites for hydroxylation is 1. The molecule has 2 rings (SSSR count). The molecule has 2 aromatic rings. The average Bonchev–Trinajstić information content (AvgIpc) is 2.81. The number of hydrogen-bond acceptors (Lipinski definition) is 5. The summed E-state index contributed by atoms with van der Waals surface area (Å²) in [6.45, 7) is 9.12. The molecule has 0 saturated carbocycles. The van der Waals surface area contributed by atoms with Crippen LogP contribution in [-0.4, -0.2) is 15.5 Å². The molecule has 0 radical (unpaired) electrons. The fourth-order valence-corrected chi connectivity index (χ4v) is 2.48. The van der Waals surface area contributed by atoms with Gasteiger partial charge in [-0.3, -0.25) is 0 Å². The number of rotatable bonds is 5. The highest BCUT2D eigenvalue weighted by atomic mass is 32.1. The Bertz CT molecular complexity index is 604. The van der Waals surface area contributed by atoms with Gasteiger partial charge in [-0.25, -0.2) is 14.4 Å². The molecule has 114 valence electrons. The molecule has 21 heavy (non-hydrogen) atoms. The van der Waals surface area contributed by atoms with Crippen LogP contribution < -0.4 is 10.6 Å². The number of nitrogens with zero attached hydrogens (tertiary/aromatic N) is 2. The Morgan fingerprint density at radius 2 is 2.00 bits per heavy atom. The number of pyridine rings is 1. The van der Waals surface area contributed by atoms with Crippen molar-refractivity contribution in [3.63, 3.8) is 0 Å². The summed E-state index contributed by atoms with van der Waals surface area (Å²) in [7, 11) is 0. The van der Waals surface area contributed by atoms with Gasteiger partial charge in [-0.15, -0.1) is 11.3 Å². The van der Waals surface area contributed by atoms with Gasteiger partial charge >= 0.3 is 0 Å². The molecule has 0 fully saturated rings. The standard InChI is InChI=1S/C15H21FN4S/c1-10-12(21-9-19-10)8-18-14-13(16)11(5-6-17-14)7-20-15(2,3)4/h5-6,9,20H,7-8H2,1-4H3,(H,17,18). The van der Waals surface area contributed by atoms with E-state index in [0.29, 0.717) is 18.7 Å². The molecule has 0 aliphatic carbocycles. The van der Waals surface area contributed by atoms with Crippen LogP contribution in [0, 0.1) is 12.7 Å². The van der Waals surface area contributed by atoms with E-state index in [9.17, 15) is 4.39 Å². The normalized spacial score (nSPS) is 11.7. The van der Waals surface area contributed by atoms with Gasteiger partial charge in [0.1, 0.15) is 0 Å². The van der Waals surface area contributed by atoms with E-state index in [0.717, 1.165) is 10.6 Å². The third-order valence-corrected chi connectivity index (χ3v) is 3.97. The first-order valence-electron chi connectivity index (χ1n) is 6.88. The SMILES string of the molecule is Cc1ncsc1CNc1nccc(CNC(C)(C)C)c1F. The van der Waals surface area contributed by atoms with Crippen LogP contribution in [0.3, 0.4) is 0 Å². The van der Waals surface area contributed by atoms with Crippen LogP contribution in [-0.2, 0) is 13.1 Å². The van der Waals surface area contributed by atoms with Gasteiger partial charge in [-0.2, -0.15) is 0 Å². The van der Waals surface area contributed by atoms with Crippen molar-refractivity contribution in [1.82, 2.24) is 15.3 Å². The molecule has 0 spiro atoms. The van der Waals surface area contributed by atoms with E-state index >= 15 is 0 Å². The second kappa shape index (κ2) is 6.49. The molecule has 0 aliphatic rings. The van der Waals surface area contributed by atoms with Crippen LogP contribution in [0.25, 0.3) is 0 Å². The number of anilines is 1. The van der Waals surface area contributed by atoms with Crippen molar-refractivity contribution < 1.29 is 4.39 Å². The van der Waals surface area contributed by atoms with Crippen LogP contribution in [0.1, 0.15) is 36.9 Å². The highest BCUT2D eigenvalue weighted by molar-refractivity contribution is 7.09. The van der Waals surface area contributed by atoms with Crippen molar-refractivity contribution in [3.05, 3.63) is 39.7 Å². The molecule has 2 N–H and O–H groups in total. The molecule has 2 aromatic heterocycles. The Morgan fingerprint density at radius 1 is 1.24 bits per heavy atom. The van der Waals surface area contributed by atoms with Crippen LogP contribution in [0.2, 0.25) is 0 Å². The second-order valence-corrected chi connectivity index (χ2v) is 6.89. The molecule has 2 heterocycles. The van der Waals surface area contributed by atoms with Crippen molar-refractivity contribution in [1.29, 1.82) is 0 Å². The Labute approximate surface area is 128 Å². The summed E-state index contributed by atoms with van der Waals surface area (Å²) < 4.78 is 14.4. The zero-order valence-electron chi connectivity index (χ0n) is 12.8.